The van der Waals surface area contributed by atoms with Crippen LogP contribution in [0.25, 0.3) is 0 Å². The van der Waals surface area contributed by atoms with Crippen LogP contribution in [0.2, 0.25) is 0 Å². The lowest BCUT2D eigenvalue weighted by molar-refractivity contribution is -1.03. The van der Waals surface area contributed by atoms with E-state index in [0.29, 0.717) is 0 Å². The van der Waals surface area contributed by atoms with Gasteiger partial charge < -0.3 is 9.80 Å². The molecule has 1 saturated carbocycles. The molecule has 1 aliphatic carbocycles. The summed E-state index contributed by atoms with van der Waals surface area (Å²) in [7, 11) is 0. The summed E-state index contributed by atoms with van der Waals surface area (Å²) >= 11 is 0. The first-order valence-corrected chi connectivity index (χ1v) is 8.65. The highest BCUT2D eigenvalue weighted by Crippen LogP contribution is 2.21. The molecule has 0 bridgehead atoms. The largest absolute Gasteiger partial charge is 0.323 e. The van der Waals surface area contributed by atoms with Gasteiger partial charge in [0.2, 0.25) is 0 Å². The van der Waals surface area contributed by atoms with Crippen LogP contribution in [0, 0.1) is 11.7 Å². The van der Waals surface area contributed by atoms with Gasteiger partial charge in [0.15, 0.2) is 0 Å². The molecule has 1 aromatic rings. The Morgan fingerprint density at radius 3 is 2.48 bits per heavy atom. The summed E-state index contributed by atoms with van der Waals surface area (Å²) in [6.45, 7) is 8.19. The van der Waals surface area contributed by atoms with E-state index in [1.54, 1.807) is 17.0 Å². The molecule has 2 nitrogen and oxygen atoms in total. The van der Waals surface area contributed by atoms with Crippen molar-refractivity contribution in [2.24, 2.45) is 5.92 Å². The minimum Gasteiger partial charge on any atom is -0.323 e. The van der Waals surface area contributed by atoms with Crippen molar-refractivity contribution in [3.8, 4) is 0 Å². The average Bonchev–Trinajstić information content (AvgIpc) is 2.51. The fourth-order valence-electron chi connectivity index (χ4n) is 4.31. The number of benzene rings is 1. The molecule has 3 heteroatoms. The van der Waals surface area contributed by atoms with Crippen molar-refractivity contribution in [1.29, 1.82) is 0 Å². The second-order valence-electron chi connectivity index (χ2n) is 7.04. The van der Waals surface area contributed by atoms with Gasteiger partial charge in [-0.2, -0.15) is 0 Å². The van der Waals surface area contributed by atoms with Gasteiger partial charge in [-0.15, -0.1) is 0 Å². The Kier molecular flexibility index (Phi) is 4.91. The Labute approximate surface area is 127 Å². The molecule has 0 radical (unpaired) electrons. The van der Waals surface area contributed by atoms with E-state index in [0.717, 1.165) is 24.1 Å². The smallest absolute Gasteiger partial charge is 0.132 e. The van der Waals surface area contributed by atoms with Crippen molar-refractivity contribution in [3.63, 3.8) is 0 Å². The van der Waals surface area contributed by atoms with E-state index in [4.69, 9.17) is 0 Å². The van der Waals surface area contributed by atoms with Crippen LogP contribution >= 0.6 is 0 Å². The third-order valence-corrected chi connectivity index (χ3v) is 5.63. The average molecular weight is 292 g/mol. The van der Waals surface area contributed by atoms with Gasteiger partial charge in [-0.05, 0) is 25.3 Å². The SMILES string of the molecule is C[C@H]1CCCC[C@H]1[NH+]1CC[NH+](Cc2ccccc2F)CC1. The lowest BCUT2D eigenvalue weighted by Crippen LogP contribution is -3.29. The second kappa shape index (κ2) is 6.89. The lowest BCUT2D eigenvalue weighted by Gasteiger charge is -2.39. The van der Waals surface area contributed by atoms with E-state index in [9.17, 15) is 4.39 Å². The van der Waals surface area contributed by atoms with Crippen LogP contribution in [0.5, 0.6) is 0 Å². The molecule has 2 aliphatic rings. The molecule has 116 valence electrons. The van der Waals surface area contributed by atoms with Crippen molar-refractivity contribution in [2.45, 2.75) is 45.2 Å². The summed E-state index contributed by atoms with van der Waals surface area (Å²) in [5.74, 6) is 0.850. The molecular formula is C18H29FN2+2. The molecule has 0 unspecified atom stereocenters. The first kappa shape index (κ1) is 15.0. The number of hydrogen-bond donors (Lipinski definition) is 2. The van der Waals surface area contributed by atoms with Gasteiger partial charge in [-0.3, -0.25) is 0 Å². The number of nitrogens with one attached hydrogen (secondary N) is 2. The van der Waals surface area contributed by atoms with E-state index < -0.39 is 0 Å². The molecule has 2 atom stereocenters. The van der Waals surface area contributed by atoms with Crippen LogP contribution in [-0.4, -0.2) is 32.2 Å². The Bertz CT molecular complexity index is 454. The molecule has 2 fully saturated rings. The first-order valence-electron chi connectivity index (χ1n) is 8.65. The summed E-state index contributed by atoms with van der Waals surface area (Å²) in [5, 5.41) is 0. The van der Waals surface area contributed by atoms with Gasteiger partial charge in [-0.25, -0.2) is 4.39 Å². The summed E-state index contributed by atoms with van der Waals surface area (Å²) in [6, 6.07) is 8.13. The quantitative estimate of drug-likeness (QED) is 0.811. The number of hydrogen-bond acceptors (Lipinski definition) is 0. The second-order valence-corrected chi connectivity index (χ2v) is 7.04. The molecule has 21 heavy (non-hydrogen) atoms. The van der Waals surface area contributed by atoms with E-state index in [1.165, 1.54) is 51.9 Å². The Hall–Kier alpha value is -0.930. The van der Waals surface area contributed by atoms with Gasteiger partial charge in [0.1, 0.15) is 38.5 Å². The van der Waals surface area contributed by atoms with Crippen LogP contribution in [0.1, 0.15) is 38.2 Å². The normalized spacial score (nSPS) is 33.8. The van der Waals surface area contributed by atoms with Gasteiger partial charge in [0.05, 0.1) is 6.04 Å². The van der Waals surface area contributed by atoms with Crippen LogP contribution in [-0.2, 0) is 6.54 Å². The third kappa shape index (κ3) is 3.64. The molecule has 1 saturated heterocycles. The van der Waals surface area contributed by atoms with Gasteiger partial charge in [-0.1, -0.05) is 31.5 Å². The predicted molar refractivity (Wildman–Crippen MR) is 82.9 cm³/mol. The fourth-order valence-corrected chi connectivity index (χ4v) is 4.31. The zero-order chi connectivity index (χ0) is 14.7. The molecule has 0 spiro atoms. The van der Waals surface area contributed by atoms with Crippen LogP contribution in [0.3, 0.4) is 0 Å². The Morgan fingerprint density at radius 1 is 1.05 bits per heavy atom. The Morgan fingerprint density at radius 2 is 1.76 bits per heavy atom. The molecule has 3 rings (SSSR count). The molecule has 1 aliphatic heterocycles. The van der Waals surface area contributed by atoms with Crippen molar-refractivity contribution < 1.29 is 14.2 Å². The number of rotatable bonds is 3. The minimum atomic E-state index is -0.0410. The van der Waals surface area contributed by atoms with Gasteiger partial charge >= 0.3 is 0 Å². The van der Waals surface area contributed by atoms with Crippen molar-refractivity contribution in [3.05, 3.63) is 35.6 Å². The molecular weight excluding hydrogens is 263 g/mol. The van der Waals surface area contributed by atoms with E-state index in [-0.39, 0.29) is 5.82 Å². The van der Waals surface area contributed by atoms with Gasteiger partial charge in [0, 0.05) is 11.5 Å². The zero-order valence-corrected chi connectivity index (χ0v) is 13.2. The van der Waals surface area contributed by atoms with Gasteiger partial charge in [0.25, 0.3) is 0 Å². The van der Waals surface area contributed by atoms with E-state index in [1.807, 2.05) is 17.0 Å². The maximum atomic E-state index is 13.7. The highest BCUT2D eigenvalue weighted by molar-refractivity contribution is 5.15. The van der Waals surface area contributed by atoms with Crippen molar-refractivity contribution in [2.75, 3.05) is 26.2 Å². The van der Waals surface area contributed by atoms with Crippen molar-refractivity contribution >= 4 is 0 Å². The van der Waals surface area contributed by atoms with Crippen molar-refractivity contribution in [1.82, 2.24) is 0 Å². The van der Waals surface area contributed by atoms with E-state index in [2.05, 4.69) is 6.92 Å². The number of piperazine rings is 1. The topological polar surface area (TPSA) is 8.88 Å². The summed E-state index contributed by atoms with van der Waals surface area (Å²) < 4.78 is 13.7. The zero-order valence-electron chi connectivity index (χ0n) is 13.2. The van der Waals surface area contributed by atoms with Crippen LogP contribution < -0.4 is 9.80 Å². The van der Waals surface area contributed by atoms with Crippen LogP contribution in [0.15, 0.2) is 24.3 Å². The minimum absolute atomic E-state index is 0.0410. The summed E-state index contributed by atoms with van der Waals surface area (Å²) in [4.78, 5) is 3.37. The molecule has 1 aromatic carbocycles. The summed E-state index contributed by atoms with van der Waals surface area (Å²) in [6.07, 6.45) is 5.68. The molecule has 2 N–H and O–H groups in total. The predicted octanol–water partition coefficient (Wildman–Crippen LogP) is 0.688. The van der Waals surface area contributed by atoms with E-state index >= 15 is 0 Å². The van der Waals surface area contributed by atoms with Crippen LogP contribution in [0.4, 0.5) is 4.39 Å². The molecule has 0 aromatic heterocycles. The number of halogens is 1. The number of quaternary nitrogens is 2. The standard InChI is InChI=1S/C18H27FN2/c1-15-6-2-5-9-18(15)21-12-10-20(11-13-21)14-16-7-3-4-8-17(16)19/h3-4,7-8,15,18H,2,5-6,9-14H2,1H3/p+2/t15-,18+/m0/s1. The first-order chi connectivity index (χ1) is 10.2. The maximum Gasteiger partial charge on any atom is 0.132 e. The molecule has 1 heterocycles. The maximum absolute atomic E-state index is 13.7. The lowest BCUT2D eigenvalue weighted by atomic mass is 9.84. The third-order valence-electron chi connectivity index (χ3n) is 5.63. The summed E-state index contributed by atoms with van der Waals surface area (Å²) in [5.41, 5.74) is 0.877. The Balaban J connectivity index is 1.52. The fraction of sp³-hybridized carbons (Fsp3) is 0.667. The highest BCUT2D eigenvalue weighted by Gasteiger charge is 2.34. The molecule has 0 amide bonds. The monoisotopic (exact) mass is 292 g/mol. The highest BCUT2D eigenvalue weighted by atomic mass is 19.1.